The Balaban J connectivity index is 1.66. The number of carboxylic acid groups (broad SMARTS) is 1. The van der Waals surface area contributed by atoms with Gasteiger partial charge >= 0.3 is 5.97 Å². The normalized spacial score (nSPS) is 22.5. The Hall–Kier alpha value is -1.82. The fourth-order valence-corrected chi connectivity index (χ4v) is 3.35. The van der Waals surface area contributed by atoms with E-state index in [4.69, 9.17) is 5.11 Å². The third kappa shape index (κ3) is 3.26. The van der Waals surface area contributed by atoms with Crippen LogP contribution in [0.5, 0.6) is 0 Å². The molecule has 0 aromatic heterocycles. The number of carbonyl (C=O) groups excluding carboxylic acids is 1. The average molecular weight is 304 g/mol. The minimum Gasteiger partial charge on any atom is -0.480 e. The van der Waals surface area contributed by atoms with E-state index in [9.17, 15) is 9.59 Å². The van der Waals surface area contributed by atoms with Crippen LogP contribution in [0.4, 0.5) is 0 Å². The van der Waals surface area contributed by atoms with Crippen LogP contribution in [0.15, 0.2) is 35.3 Å². The molecule has 2 aliphatic rings. The van der Waals surface area contributed by atoms with E-state index in [1.54, 1.807) is 0 Å². The molecule has 21 heavy (non-hydrogen) atoms. The zero-order valence-corrected chi connectivity index (χ0v) is 12.2. The number of nitrogens with zero attached hydrogens (tertiary/aromatic N) is 1. The SMILES string of the molecule is O=C(NC(C(=O)O)C1CC1)C1CSC(c2ccccc2)=N1. The van der Waals surface area contributed by atoms with E-state index in [-0.39, 0.29) is 11.8 Å². The molecule has 3 rings (SSSR count). The van der Waals surface area contributed by atoms with Crippen molar-refractivity contribution in [2.45, 2.75) is 24.9 Å². The fourth-order valence-electron chi connectivity index (χ4n) is 2.31. The number of carbonyl (C=O) groups is 2. The van der Waals surface area contributed by atoms with E-state index < -0.39 is 18.1 Å². The lowest BCUT2D eigenvalue weighted by Gasteiger charge is -2.15. The summed E-state index contributed by atoms with van der Waals surface area (Å²) >= 11 is 1.53. The summed E-state index contributed by atoms with van der Waals surface area (Å²) in [6, 6.07) is 8.44. The Morgan fingerprint density at radius 3 is 2.62 bits per heavy atom. The molecule has 0 bridgehead atoms. The molecule has 110 valence electrons. The number of rotatable bonds is 5. The lowest BCUT2D eigenvalue weighted by Crippen LogP contribution is -2.46. The van der Waals surface area contributed by atoms with Crippen LogP contribution >= 0.6 is 11.8 Å². The van der Waals surface area contributed by atoms with Crippen molar-refractivity contribution in [3.05, 3.63) is 35.9 Å². The van der Waals surface area contributed by atoms with Crippen molar-refractivity contribution in [3.8, 4) is 0 Å². The quantitative estimate of drug-likeness (QED) is 0.864. The molecule has 5 nitrogen and oxygen atoms in total. The zero-order chi connectivity index (χ0) is 14.8. The number of carboxylic acids is 1. The molecule has 1 saturated carbocycles. The number of benzene rings is 1. The minimum atomic E-state index is -0.955. The van der Waals surface area contributed by atoms with Gasteiger partial charge in [-0.25, -0.2) is 4.79 Å². The first-order valence-corrected chi connectivity index (χ1v) is 7.93. The van der Waals surface area contributed by atoms with Gasteiger partial charge in [0.05, 0.1) is 5.04 Å². The van der Waals surface area contributed by atoms with E-state index in [0.29, 0.717) is 5.75 Å². The maximum atomic E-state index is 12.2. The third-order valence-corrected chi connectivity index (χ3v) is 4.73. The summed E-state index contributed by atoms with van der Waals surface area (Å²) in [5.41, 5.74) is 0.995. The zero-order valence-electron chi connectivity index (χ0n) is 11.4. The first-order valence-electron chi connectivity index (χ1n) is 6.94. The van der Waals surface area contributed by atoms with Gasteiger partial charge < -0.3 is 10.4 Å². The minimum absolute atomic E-state index is 0.0816. The van der Waals surface area contributed by atoms with Gasteiger partial charge in [-0.15, -0.1) is 11.8 Å². The van der Waals surface area contributed by atoms with E-state index >= 15 is 0 Å². The number of aliphatic carboxylic acids is 1. The summed E-state index contributed by atoms with van der Waals surface area (Å²) in [6.07, 6.45) is 1.74. The van der Waals surface area contributed by atoms with Crippen LogP contribution in [0.1, 0.15) is 18.4 Å². The predicted octanol–water partition coefficient (Wildman–Crippen LogP) is 1.53. The predicted molar refractivity (Wildman–Crippen MR) is 81.5 cm³/mol. The molecular formula is C15H16N2O3S. The number of hydrogen-bond donors (Lipinski definition) is 2. The van der Waals surface area contributed by atoms with Gasteiger partial charge in [-0.1, -0.05) is 30.3 Å². The Bertz CT molecular complexity index is 584. The van der Waals surface area contributed by atoms with Crippen molar-refractivity contribution in [1.82, 2.24) is 5.32 Å². The smallest absolute Gasteiger partial charge is 0.326 e. The second kappa shape index (κ2) is 5.89. The highest BCUT2D eigenvalue weighted by atomic mass is 32.2. The molecule has 1 fully saturated rings. The first-order chi connectivity index (χ1) is 10.1. The van der Waals surface area contributed by atoms with Crippen molar-refractivity contribution in [3.63, 3.8) is 0 Å². The number of thioether (sulfide) groups is 1. The van der Waals surface area contributed by atoms with Crippen LogP contribution in [0, 0.1) is 5.92 Å². The van der Waals surface area contributed by atoms with Crippen LogP contribution in [0.3, 0.4) is 0 Å². The van der Waals surface area contributed by atoms with Crippen LogP contribution in [0.2, 0.25) is 0 Å². The van der Waals surface area contributed by atoms with Crippen LogP contribution in [-0.4, -0.2) is 39.9 Å². The van der Waals surface area contributed by atoms with Crippen molar-refractivity contribution in [1.29, 1.82) is 0 Å². The van der Waals surface area contributed by atoms with Crippen molar-refractivity contribution in [2.24, 2.45) is 10.9 Å². The molecule has 0 spiro atoms. The number of hydrogen-bond acceptors (Lipinski definition) is 4. The Kier molecular flexibility index (Phi) is 3.96. The van der Waals surface area contributed by atoms with Gasteiger partial charge in [0.25, 0.3) is 0 Å². The number of aliphatic imine (C=N–C) groups is 1. The molecule has 2 atom stereocenters. The molecule has 1 heterocycles. The largest absolute Gasteiger partial charge is 0.480 e. The summed E-state index contributed by atoms with van der Waals surface area (Å²) in [5, 5.41) is 12.6. The second-order valence-corrected chi connectivity index (χ2v) is 6.30. The van der Waals surface area contributed by atoms with Crippen LogP contribution < -0.4 is 5.32 Å². The summed E-state index contributed by atoms with van der Waals surface area (Å²) in [5.74, 6) is -0.595. The molecule has 0 saturated heterocycles. The number of nitrogens with one attached hydrogen (secondary N) is 1. The van der Waals surface area contributed by atoms with Gasteiger partial charge in [-0.2, -0.15) is 0 Å². The Morgan fingerprint density at radius 2 is 2.00 bits per heavy atom. The van der Waals surface area contributed by atoms with Crippen molar-refractivity contribution in [2.75, 3.05) is 5.75 Å². The lowest BCUT2D eigenvalue weighted by atomic mass is 10.1. The van der Waals surface area contributed by atoms with Gasteiger partial charge in [0.15, 0.2) is 0 Å². The second-order valence-electron chi connectivity index (χ2n) is 5.29. The molecule has 1 amide bonds. The molecule has 0 radical (unpaired) electrons. The highest BCUT2D eigenvalue weighted by molar-refractivity contribution is 8.14. The average Bonchev–Trinajstić information content (AvgIpc) is 3.20. The summed E-state index contributed by atoms with van der Waals surface area (Å²) < 4.78 is 0. The summed E-state index contributed by atoms with van der Waals surface area (Å²) in [4.78, 5) is 27.8. The lowest BCUT2D eigenvalue weighted by molar-refractivity contribution is -0.142. The topological polar surface area (TPSA) is 78.8 Å². The maximum Gasteiger partial charge on any atom is 0.326 e. The van der Waals surface area contributed by atoms with Gasteiger partial charge in [0.2, 0.25) is 5.91 Å². The van der Waals surface area contributed by atoms with E-state index in [1.807, 2.05) is 30.3 Å². The molecule has 1 aromatic rings. The van der Waals surface area contributed by atoms with Crippen LogP contribution in [-0.2, 0) is 9.59 Å². The molecule has 6 heteroatoms. The monoisotopic (exact) mass is 304 g/mol. The van der Waals surface area contributed by atoms with Gasteiger partial charge in [0.1, 0.15) is 12.1 Å². The third-order valence-electron chi connectivity index (χ3n) is 3.63. The van der Waals surface area contributed by atoms with E-state index in [1.165, 1.54) is 11.8 Å². The van der Waals surface area contributed by atoms with Gasteiger partial charge in [0, 0.05) is 11.3 Å². The van der Waals surface area contributed by atoms with Crippen molar-refractivity contribution >= 4 is 28.7 Å². The molecule has 1 aromatic carbocycles. The van der Waals surface area contributed by atoms with E-state index in [0.717, 1.165) is 23.4 Å². The van der Waals surface area contributed by atoms with Gasteiger partial charge in [-0.05, 0) is 18.8 Å². The van der Waals surface area contributed by atoms with E-state index in [2.05, 4.69) is 10.3 Å². The molecular weight excluding hydrogens is 288 g/mol. The Labute approximate surface area is 126 Å². The number of amides is 1. The highest BCUT2D eigenvalue weighted by Gasteiger charge is 2.39. The summed E-state index contributed by atoms with van der Waals surface area (Å²) in [6.45, 7) is 0. The van der Waals surface area contributed by atoms with Crippen LogP contribution in [0.25, 0.3) is 0 Å². The van der Waals surface area contributed by atoms with Gasteiger partial charge in [-0.3, -0.25) is 9.79 Å². The molecule has 2 unspecified atom stereocenters. The fraction of sp³-hybridized carbons (Fsp3) is 0.400. The summed E-state index contributed by atoms with van der Waals surface area (Å²) in [7, 11) is 0. The standard InChI is InChI=1S/C15H16N2O3S/c18-13(17-12(15(19)20)9-6-7-9)11-8-21-14(16-11)10-4-2-1-3-5-10/h1-5,9,11-12H,6-8H2,(H,17,18)(H,19,20). The molecule has 1 aliphatic heterocycles. The maximum absolute atomic E-state index is 12.2. The highest BCUT2D eigenvalue weighted by Crippen LogP contribution is 2.33. The van der Waals surface area contributed by atoms with Crippen molar-refractivity contribution < 1.29 is 14.7 Å². The first kappa shape index (κ1) is 14.1. The Morgan fingerprint density at radius 1 is 1.29 bits per heavy atom. The molecule has 1 aliphatic carbocycles. The molecule has 2 N–H and O–H groups in total.